The quantitative estimate of drug-likeness (QED) is 0.285. The Hall–Kier alpha value is -2.48. The molecule has 0 spiro atoms. The number of aromatic nitrogens is 1. The molecule has 1 aromatic heterocycles. The summed E-state index contributed by atoms with van der Waals surface area (Å²) in [6.07, 6.45) is -1.80. The molecule has 9 nitrogen and oxygen atoms in total. The molecule has 12 heteroatoms. The smallest absolute Gasteiger partial charge is 0.324 e. The molecule has 1 heterocycles. The van der Waals surface area contributed by atoms with E-state index in [1.807, 2.05) is 16.9 Å². The van der Waals surface area contributed by atoms with Crippen molar-refractivity contribution >= 4 is 39.1 Å². The third-order valence-corrected chi connectivity index (χ3v) is 8.18. The van der Waals surface area contributed by atoms with Crippen LogP contribution in [0.4, 0.5) is 0 Å². The van der Waals surface area contributed by atoms with E-state index in [1.54, 1.807) is 43.0 Å². The van der Waals surface area contributed by atoms with Crippen molar-refractivity contribution in [3.8, 4) is 16.9 Å². The number of aliphatic hydroxyl groups is 2. The molecular formula is C21H22N2O7S3. The summed E-state index contributed by atoms with van der Waals surface area (Å²) in [6.45, 7) is 0. The lowest BCUT2D eigenvalue weighted by molar-refractivity contribution is -0.143. The molecule has 176 valence electrons. The summed E-state index contributed by atoms with van der Waals surface area (Å²) in [5, 5.41) is 31.7. The maximum atomic E-state index is 12.8. The minimum absolute atomic E-state index is 0.0588. The lowest BCUT2D eigenvalue weighted by atomic mass is 10.1. The van der Waals surface area contributed by atoms with Crippen LogP contribution in [-0.4, -0.2) is 65.8 Å². The summed E-state index contributed by atoms with van der Waals surface area (Å²) in [7, 11) is -2.73. The molecule has 3 atom stereocenters. The molecule has 3 rings (SSSR count). The predicted molar refractivity (Wildman–Crippen MR) is 125 cm³/mol. The number of rotatable bonds is 11. The number of aliphatic carboxylic acids is 1. The van der Waals surface area contributed by atoms with Gasteiger partial charge in [0.25, 0.3) is 0 Å². The maximum Gasteiger partial charge on any atom is 0.324 e. The number of aliphatic hydroxyl groups excluding tert-OH is 2. The van der Waals surface area contributed by atoms with Gasteiger partial charge in [-0.05, 0) is 35.4 Å². The van der Waals surface area contributed by atoms with Gasteiger partial charge >= 0.3 is 5.97 Å². The molecule has 0 saturated carbocycles. The van der Waals surface area contributed by atoms with Crippen LogP contribution in [0.15, 0.2) is 69.3 Å². The molecule has 33 heavy (non-hydrogen) atoms. The van der Waals surface area contributed by atoms with Crippen LogP contribution >= 0.6 is 23.1 Å². The van der Waals surface area contributed by atoms with Crippen molar-refractivity contribution in [1.29, 1.82) is 0 Å². The van der Waals surface area contributed by atoms with Crippen molar-refractivity contribution in [2.75, 3.05) is 12.9 Å². The molecule has 0 aliphatic rings. The van der Waals surface area contributed by atoms with Crippen LogP contribution in [-0.2, 0) is 14.8 Å². The average molecular weight is 511 g/mol. The highest BCUT2D eigenvalue weighted by Crippen LogP contribution is 2.25. The Labute approximate surface area is 199 Å². The maximum absolute atomic E-state index is 12.8. The van der Waals surface area contributed by atoms with Crippen LogP contribution in [0.2, 0.25) is 0 Å². The van der Waals surface area contributed by atoms with E-state index in [1.165, 1.54) is 23.5 Å². The fourth-order valence-electron chi connectivity index (χ4n) is 2.87. The number of thiazole rings is 1. The second kappa shape index (κ2) is 11.1. The zero-order valence-electron chi connectivity index (χ0n) is 17.4. The second-order valence-corrected chi connectivity index (χ2v) is 10.7. The number of carbonyl (C=O) groups is 1. The molecular weight excluding hydrogens is 488 g/mol. The van der Waals surface area contributed by atoms with Crippen molar-refractivity contribution in [3.63, 3.8) is 0 Å². The molecule has 0 saturated heterocycles. The summed E-state index contributed by atoms with van der Waals surface area (Å²) in [5.74, 6) is -0.983. The van der Waals surface area contributed by atoms with E-state index in [0.29, 0.717) is 10.1 Å². The van der Waals surface area contributed by atoms with Gasteiger partial charge in [-0.2, -0.15) is 4.72 Å². The summed E-state index contributed by atoms with van der Waals surface area (Å²) in [6, 6.07) is 11.1. The molecule has 0 fully saturated rings. The van der Waals surface area contributed by atoms with Crippen LogP contribution in [0, 0.1) is 0 Å². The van der Waals surface area contributed by atoms with E-state index in [0.717, 1.165) is 22.9 Å². The largest absolute Gasteiger partial charge is 0.497 e. The minimum atomic E-state index is -4.29. The zero-order chi connectivity index (χ0) is 24.0. The van der Waals surface area contributed by atoms with Crippen LogP contribution in [0.25, 0.3) is 11.1 Å². The van der Waals surface area contributed by atoms with Gasteiger partial charge in [0.15, 0.2) is 0 Å². The Balaban J connectivity index is 1.70. The third kappa shape index (κ3) is 6.53. The Bertz CT molecular complexity index is 1150. The number of hydrogen-bond donors (Lipinski definition) is 4. The molecule has 3 aromatic rings. The first-order valence-electron chi connectivity index (χ1n) is 9.59. The lowest BCUT2D eigenvalue weighted by Crippen LogP contribution is -2.53. The highest BCUT2D eigenvalue weighted by molar-refractivity contribution is 8.01. The zero-order valence-corrected chi connectivity index (χ0v) is 19.8. The van der Waals surface area contributed by atoms with Crippen LogP contribution in [0.5, 0.6) is 5.75 Å². The number of nitrogens with zero attached hydrogens (tertiary/aromatic N) is 1. The van der Waals surface area contributed by atoms with Gasteiger partial charge in [0.2, 0.25) is 10.0 Å². The van der Waals surface area contributed by atoms with Gasteiger partial charge in [-0.1, -0.05) is 36.0 Å². The minimum Gasteiger partial charge on any atom is -0.497 e. The van der Waals surface area contributed by atoms with E-state index < -0.39 is 34.2 Å². The standard InChI is InChI=1S/C21H22N2O7S3/c1-30-15-6-2-13(3-7-15)14-4-8-16(9-5-14)33(28,29)23-18(20(26)27)19(25)17(24)12-32-21-22-10-11-31-21/h2-11,17-19,23-25H,12H2,1H3,(H,26,27). The van der Waals surface area contributed by atoms with Gasteiger partial charge in [-0.15, -0.1) is 11.3 Å². The average Bonchev–Trinajstić information content (AvgIpc) is 3.34. The number of methoxy groups -OCH3 is 1. The fraction of sp³-hybridized carbons (Fsp3) is 0.238. The number of thioether (sulfide) groups is 1. The number of carboxylic acids is 1. The van der Waals surface area contributed by atoms with E-state index in [-0.39, 0.29) is 10.6 Å². The molecule has 0 bridgehead atoms. The normalized spacial score (nSPS) is 14.4. The van der Waals surface area contributed by atoms with Gasteiger partial charge in [0.1, 0.15) is 22.2 Å². The Morgan fingerprint density at radius 1 is 1.12 bits per heavy atom. The first-order valence-corrected chi connectivity index (χ1v) is 12.9. The van der Waals surface area contributed by atoms with E-state index in [9.17, 15) is 28.5 Å². The van der Waals surface area contributed by atoms with Crippen LogP contribution in [0.1, 0.15) is 0 Å². The number of sulfonamides is 1. The van der Waals surface area contributed by atoms with Gasteiger partial charge in [0, 0.05) is 17.3 Å². The van der Waals surface area contributed by atoms with Gasteiger partial charge < -0.3 is 20.1 Å². The summed E-state index contributed by atoms with van der Waals surface area (Å²) < 4.78 is 33.2. The number of carboxylic acid groups (broad SMARTS) is 1. The van der Waals surface area contributed by atoms with E-state index >= 15 is 0 Å². The summed E-state index contributed by atoms with van der Waals surface area (Å²) in [5.41, 5.74) is 1.59. The monoisotopic (exact) mass is 510 g/mol. The molecule has 0 aliphatic heterocycles. The number of hydrogen-bond acceptors (Lipinski definition) is 9. The summed E-state index contributed by atoms with van der Waals surface area (Å²) >= 11 is 2.45. The number of ether oxygens (including phenoxy) is 1. The highest BCUT2D eigenvalue weighted by Gasteiger charge is 2.36. The van der Waals surface area contributed by atoms with E-state index in [4.69, 9.17) is 4.74 Å². The van der Waals surface area contributed by atoms with E-state index in [2.05, 4.69) is 4.98 Å². The Kier molecular flexibility index (Phi) is 8.46. The topological polar surface area (TPSA) is 146 Å². The van der Waals surface area contributed by atoms with Crippen molar-refractivity contribution in [2.24, 2.45) is 0 Å². The SMILES string of the molecule is COc1ccc(-c2ccc(S(=O)(=O)NC(C(=O)O)C(O)C(O)CSc3nccs3)cc2)cc1. The van der Waals surface area contributed by atoms with Crippen LogP contribution in [0.3, 0.4) is 0 Å². The molecule has 0 aliphatic carbocycles. The Morgan fingerprint density at radius 3 is 2.24 bits per heavy atom. The van der Waals surface area contributed by atoms with Crippen LogP contribution < -0.4 is 9.46 Å². The molecule has 3 unspecified atom stereocenters. The van der Waals surface area contributed by atoms with Crippen molar-refractivity contribution < 1.29 is 33.3 Å². The predicted octanol–water partition coefficient (Wildman–Crippen LogP) is 2.06. The lowest BCUT2D eigenvalue weighted by Gasteiger charge is -2.24. The van der Waals surface area contributed by atoms with Crippen molar-refractivity contribution in [1.82, 2.24) is 9.71 Å². The van der Waals surface area contributed by atoms with Crippen molar-refractivity contribution in [3.05, 3.63) is 60.1 Å². The fourth-order valence-corrected chi connectivity index (χ4v) is 5.72. The Morgan fingerprint density at radius 2 is 1.73 bits per heavy atom. The third-order valence-electron chi connectivity index (χ3n) is 4.66. The van der Waals surface area contributed by atoms with Gasteiger partial charge in [-0.3, -0.25) is 4.79 Å². The second-order valence-electron chi connectivity index (χ2n) is 6.86. The summed E-state index contributed by atoms with van der Waals surface area (Å²) in [4.78, 5) is 15.5. The molecule has 2 aromatic carbocycles. The van der Waals surface area contributed by atoms with Gasteiger partial charge in [0.05, 0.1) is 18.1 Å². The van der Waals surface area contributed by atoms with Crippen molar-refractivity contribution in [2.45, 2.75) is 27.5 Å². The molecule has 0 amide bonds. The first kappa shape index (κ1) is 25.1. The number of benzene rings is 2. The number of nitrogens with one attached hydrogen (secondary N) is 1. The molecule has 4 N–H and O–H groups in total. The van der Waals surface area contributed by atoms with Gasteiger partial charge in [-0.25, -0.2) is 13.4 Å². The first-order chi connectivity index (χ1) is 15.7. The highest BCUT2D eigenvalue weighted by atomic mass is 32.2. The molecule has 0 radical (unpaired) electrons.